The number of thioether (sulfide) groups is 1. The minimum absolute atomic E-state index is 0.102. The van der Waals surface area contributed by atoms with Crippen molar-refractivity contribution in [3.63, 3.8) is 0 Å². The molecule has 27 heavy (non-hydrogen) atoms. The molecule has 1 fully saturated rings. The van der Waals surface area contributed by atoms with Crippen molar-refractivity contribution in [3.05, 3.63) is 24.3 Å². The van der Waals surface area contributed by atoms with Gasteiger partial charge < -0.3 is 19.7 Å². The summed E-state index contributed by atoms with van der Waals surface area (Å²) in [4.78, 5) is 26.3. The van der Waals surface area contributed by atoms with E-state index in [2.05, 4.69) is 17.1 Å². The van der Waals surface area contributed by atoms with Crippen molar-refractivity contribution < 1.29 is 19.1 Å². The molecule has 8 heteroatoms. The highest BCUT2D eigenvalue weighted by molar-refractivity contribution is 8.23. The van der Waals surface area contributed by atoms with E-state index in [0.717, 1.165) is 31.8 Å². The highest BCUT2D eigenvalue weighted by Crippen LogP contribution is 2.20. The maximum absolute atomic E-state index is 12.2. The van der Waals surface area contributed by atoms with E-state index in [1.54, 1.807) is 38.3 Å². The molecule has 0 spiro atoms. The predicted octanol–water partition coefficient (Wildman–Crippen LogP) is 3.32. The Bertz CT molecular complexity index is 658. The van der Waals surface area contributed by atoms with Crippen LogP contribution in [-0.2, 0) is 14.3 Å². The lowest BCUT2D eigenvalue weighted by Gasteiger charge is -2.31. The van der Waals surface area contributed by atoms with Gasteiger partial charge in [0.1, 0.15) is 10.1 Å². The molecule has 0 unspecified atom stereocenters. The molecule has 148 valence electrons. The molecule has 0 aliphatic carbocycles. The normalized spacial score (nSPS) is 15.7. The number of esters is 1. The molecule has 6 nitrogen and oxygen atoms in total. The van der Waals surface area contributed by atoms with Crippen LogP contribution in [0.5, 0.6) is 5.75 Å². The highest BCUT2D eigenvalue weighted by atomic mass is 32.2. The number of benzene rings is 1. The van der Waals surface area contributed by atoms with Crippen molar-refractivity contribution in [2.24, 2.45) is 5.92 Å². The maximum Gasteiger partial charge on any atom is 0.317 e. The standard InChI is InChI=1S/C19H26N2O4S2/c1-13-8-10-21(11-9-13)19(26)27-12-17(22)25-14(2)18(23)20-15-4-6-16(24-3)7-5-15/h4-7,13-14H,8-12H2,1-3H3,(H,20,23)/t14-/m1/s1. The summed E-state index contributed by atoms with van der Waals surface area (Å²) in [6, 6.07) is 6.93. The van der Waals surface area contributed by atoms with Crippen LogP contribution in [0.2, 0.25) is 0 Å². The number of methoxy groups -OCH3 is 1. The number of ether oxygens (including phenoxy) is 2. The molecule has 0 aromatic heterocycles. The summed E-state index contributed by atoms with van der Waals surface area (Å²) in [5.41, 5.74) is 0.610. The van der Waals surface area contributed by atoms with Crippen molar-refractivity contribution in [1.29, 1.82) is 0 Å². The Morgan fingerprint density at radius 2 is 1.93 bits per heavy atom. The minimum atomic E-state index is -0.885. The van der Waals surface area contributed by atoms with Crippen LogP contribution < -0.4 is 10.1 Å². The van der Waals surface area contributed by atoms with Crippen LogP contribution >= 0.6 is 24.0 Å². The van der Waals surface area contributed by atoms with Gasteiger partial charge in [-0.25, -0.2) is 0 Å². The zero-order valence-corrected chi connectivity index (χ0v) is 17.5. The lowest BCUT2D eigenvalue weighted by atomic mass is 10.00. The average molecular weight is 411 g/mol. The SMILES string of the molecule is COc1ccc(NC(=O)[C@@H](C)OC(=O)CSC(=S)N2CCC(C)CC2)cc1. The van der Waals surface area contributed by atoms with Crippen LogP contribution in [0.1, 0.15) is 26.7 Å². The molecule has 0 bridgehead atoms. The van der Waals surface area contributed by atoms with E-state index in [1.165, 1.54) is 11.8 Å². The number of carbonyl (C=O) groups is 2. The lowest BCUT2D eigenvalue weighted by Crippen LogP contribution is -2.36. The van der Waals surface area contributed by atoms with Gasteiger partial charge in [0.05, 0.1) is 12.9 Å². The van der Waals surface area contributed by atoms with Gasteiger partial charge in [-0.05, 0) is 49.9 Å². The first-order chi connectivity index (χ1) is 12.9. The monoisotopic (exact) mass is 410 g/mol. The summed E-state index contributed by atoms with van der Waals surface area (Å²) in [5.74, 6) is 0.689. The smallest absolute Gasteiger partial charge is 0.317 e. The molecule has 1 amide bonds. The third-order valence-corrected chi connectivity index (χ3v) is 5.89. The predicted molar refractivity (Wildman–Crippen MR) is 112 cm³/mol. The third kappa shape index (κ3) is 7.03. The number of likely N-dealkylation sites (tertiary alicyclic amines) is 1. The average Bonchev–Trinajstić information content (AvgIpc) is 2.67. The number of nitrogens with zero attached hydrogens (tertiary/aromatic N) is 1. The van der Waals surface area contributed by atoms with Gasteiger partial charge in [-0.3, -0.25) is 9.59 Å². The van der Waals surface area contributed by atoms with Gasteiger partial charge in [-0.2, -0.15) is 0 Å². The van der Waals surface area contributed by atoms with Gasteiger partial charge in [0, 0.05) is 18.8 Å². The topological polar surface area (TPSA) is 67.9 Å². The van der Waals surface area contributed by atoms with Crippen LogP contribution in [0.15, 0.2) is 24.3 Å². The van der Waals surface area contributed by atoms with Gasteiger partial charge in [0.2, 0.25) is 0 Å². The molecular weight excluding hydrogens is 384 g/mol. The molecule has 1 saturated heterocycles. The molecule has 1 N–H and O–H groups in total. The maximum atomic E-state index is 12.2. The fourth-order valence-electron chi connectivity index (χ4n) is 2.61. The molecule has 1 aliphatic heterocycles. The molecular formula is C19H26N2O4S2. The van der Waals surface area contributed by atoms with Crippen LogP contribution in [0.3, 0.4) is 0 Å². The van der Waals surface area contributed by atoms with Crippen molar-refractivity contribution in [2.75, 3.05) is 31.3 Å². The minimum Gasteiger partial charge on any atom is -0.497 e. The van der Waals surface area contributed by atoms with Crippen LogP contribution in [-0.4, -0.2) is 53.2 Å². The first-order valence-corrected chi connectivity index (χ1v) is 10.3. The van der Waals surface area contributed by atoms with Crippen LogP contribution in [0, 0.1) is 5.92 Å². The van der Waals surface area contributed by atoms with Crippen molar-refractivity contribution in [1.82, 2.24) is 4.90 Å². The van der Waals surface area contributed by atoms with Gasteiger partial charge in [0.15, 0.2) is 6.10 Å². The molecule has 0 radical (unpaired) electrons. The second kappa shape index (κ2) is 10.5. The Hall–Kier alpha value is -1.80. The Labute approximate surface area is 170 Å². The molecule has 1 aromatic carbocycles. The quantitative estimate of drug-likeness (QED) is 0.570. The van der Waals surface area contributed by atoms with Gasteiger partial charge in [0.25, 0.3) is 5.91 Å². The number of rotatable bonds is 6. The van der Waals surface area contributed by atoms with Gasteiger partial charge in [-0.15, -0.1) is 0 Å². The number of nitrogens with one attached hydrogen (secondary N) is 1. The van der Waals surface area contributed by atoms with Crippen molar-refractivity contribution >= 4 is 45.9 Å². The Morgan fingerprint density at radius 3 is 2.52 bits per heavy atom. The van der Waals surface area contributed by atoms with Gasteiger partial charge >= 0.3 is 5.97 Å². The number of anilines is 1. The third-order valence-electron chi connectivity index (χ3n) is 4.39. The molecule has 0 saturated carbocycles. The summed E-state index contributed by atoms with van der Waals surface area (Å²) >= 11 is 6.69. The molecule has 2 rings (SSSR count). The second-order valence-electron chi connectivity index (χ2n) is 6.57. The molecule has 1 atom stereocenters. The highest BCUT2D eigenvalue weighted by Gasteiger charge is 2.21. The van der Waals surface area contributed by atoms with Crippen molar-refractivity contribution in [2.45, 2.75) is 32.8 Å². The zero-order valence-electron chi connectivity index (χ0n) is 15.9. The summed E-state index contributed by atoms with van der Waals surface area (Å²) in [6.45, 7) is 5.65. The number of carbonyl (C=O) groups excluding carboxylic acids is 2. The largest absolute Gasteiger partial charge is 0.497 e. The fraction of sp³-hybridized carbons (Fsp3) is 0.526. The van der Waals surface area contributed by atoms with Crippen LogP contribution in [0.4, 0.5) is 5.69 Å². The van der Waals surface area contributed by atoms with E-state index in [-0.39, 0.29) is 11.7 Å². The summed E-state index contributed by atoms with van der Waals surface area (Å²) in [6.07, 6.45) is 1.35. The van der Waals surface area contributed by atoms with E-state index >= 15 is 0 Å². The lowest BCUT2D eigenvalue weighted by molar-refractivity contribution is -0.150. The molecule has 1 aromatic rings. The summed E-state index contributed by atoms with van der Waals surface area (Å²) in [7, 11) is 1.57. The number of amides is 1. The van der Waals surface area contributed by atoms with Crippen LogP contribution in [0.25, 0.3) is 0 Å². The Morgan fingerprint density at radius 1 is 1.30 bits per heavy atom. The number of hydrogen-bond acceptors (Lipinski definition) is 6. The summed E-state index contributed by atoms with van der Waals surface area (Å²) in [5, 5.41) is 2.71. The Kier molecular flexibility index (Phi) is 8.37. The number of thiocarbonyl (C=S) groups is 1. The van der Waals surface area contributed by atoms with E-state index in [0.29, 0.717) is 15.8 Å². The van der Waals surface area contributed by atoms with Gasteiger partial charge in [-0.1, -0.05) is 30.9 Å². The van der Waals surface area contributed by atoms with E-state index < -0.39 is 12.1 Å². The Balaban J connectivity index is 1.72. The van der Waals surface area contributed by atoms with E-state index in [4.69, 9.17) is 21.7 Å². The fourth-order valence-corrected chi connectivity index (χ4v) is 3.64. The summed E-state index contributed by atoms with van der Waals surface area (Å²) < 4.78 is 11.0. The number of piperidine rings is 1. The van der Waals surface area contributed by atoms with E-state index in [9.17, 15) is 9.59 Å². The molecule has 1 aliphatic rings. The first kappa shape index (κ1) is 21.5. The number of hydrogen-bond donors (Lipinski definition) is 1. The zero-order chi connectivity index (χ0) is 19.8. The van der Waals surface area contributed by atoms with E-state index in [1.807, 2.05) is 0 Å². The first-order valence-electron chi connectivity index (χ1n) is 8.95. The van der Waals surface area contributed by atoms with Crippen molar-refractivity contribution in [3.8, 4) is 5.75 Å². The molecule has 1 heterocycles. The second-order valence-corrected chi connectivity index (χ2v) is 8.18.